The lowest BCUT2D eigenvalue weighted by atomic mass is 10.2. The van der Waals surface area contributed by atoms with Crippen molar-refractivity contribution in [1.82, 2.24) is 20.0 Å². The lowest BCUT2D eigenvalue weighted by Crippen LogP contribution is -2.05. The molecule has 0 aliphatic rings. The number of pyridine rings is 1. The van der Waals surface area contributed by atoms with Gasteiger partial charge in [0.2, 0.25) is 0 Å². The second kappa shape index (κ2) is 4.24. The van der Waals surface area contributed by atoms with E-state index in [1.165, 1.54) is 23.9 Å². The summed E-state index contributed by atoms with van der Waals surface area (Å²) < 4.78 is 15.2. The molecule has 0 atom stereocenters. The van der Waals surface area contributed by atoms with Crippen molar-refractivity contribution in [3.8, 4) is 5.69 Å². The SMILES string of the molecule is CC(=O)c1ncc(-n2nnc3ccccc32)cc1F. The van der Waals surface area contributed by atoms with E-state index in [0.29, 0.717) is 11.2 Å². The van der Waals surface area contributed by atoms with Gasteiger partial charge in [-0.25, -0.2) is 14.1 Å². The summed E-state index contributed by atoms with van der Waals surface area (Å²) in [7, 11) is 0. The van der Waals surface area contributed by atoms with Gasteiger partial charge in [-0.15, -0.1) is 5.10 Å². The van der Waals surface area contributed by atoms with Crippen LogP contribution < -0.4 is 0 Å². The fourth-order valence-corrected chi connectivity index (χ4v) is 1.86. The van der Waals surface area contributed by atoms with Gasteiger partial charge in [-0.3, -0.25) is 4.79 Å². The zero-order valence-corrected chi connectivity index (χ0v) is 10.0. The highest BCUT2D eigenvalue weighted by Gasteiger charge is 2.12. The van der Waals surface area contributed by atoms with Gasteiger partial charge in [-0.05, 0) is 12.1 Å². The number of hydrogen-bond donors (Lipinski definition) is 0. The number of halogens is 1. The number of hydrogen-bond acceptors (Lipinski definition) is 4. The molecular formula is C13H9FN4O. The van der Waals surface area contributed by atoms with Crippen molar-refractivity contribution in [2.24, 2.45) is 0 Å². The Morgan fingerprint density at radius 3 is 2.84 bits per heavy atom. The topological polar surface area (TPSA) is 60.7 Å². The molecule has 0 saturated carbocycles. The minimum absolute atomic E-state index is 0.173. The zero-order valence-electron chi connectivity index (χ0n) is 10.0. The number of aromatic nitrogens is 4. The van der Waals surface area contributed by atoms with Gasteiger partial charge in [0.1, 0.15) is 11.2 Å². The molecule has 0 N–H and O–H groups in total. The lowest BCUT2D eigenvalue weighted by molar-refractivity contribution is 0.100. The van der Waals surface area contributed by atoms with E-state index in [1.807, 2.05) is 24.3 Å². The average Bonchev–Trinajstić information content (AvgIpc) is 2.82. The summed E-state index contributed by atoms with van der Waals surface area (Å²) in [4.78, 5) is 15.0. The molecule has 2 heterocycles. The smallest absolute Gasteiger partial charge is 0.181 e. The second-order valence-electron chi connectivity index (χ2n) is 4.07. The molecule has 6 heteroatoms. The Morgan fingerprint density at radius 2 is 2.11 bits per heavy atom. The van der Waals surface area contributed by atoms with E-state index >= 15 is 0 Å². The van der Waals surface area contributed by atoms with Crippen LogP contribution in [0.5, 0.6) is 0 Å². The van der Waals surface area contributed by atoms with Crippen LogP contribution in [0.4, 0.5) is 4.39 Å². The molecule has 0 saturated heterocycles. The minimum atomic E-state index is -0.662. The summed E-state index contributed by atoms with van der Waals surface area (Å²) >= 11 is 0. The van der Waals surface area contributed by atoms with Crippen molar-refractivity contribution in [3.05, 3.63) is 48.0 Å². The minimum Gasteiger partial charge on any atom is -0.293 e. The molecule has 0 aliphatic heterocycles. The molecule has 94 valence electrons. The molecule has 5 nitrogen and oxygen atoms in total. The second-order valence-corrected chi connectivity index (χ2v) is 4.07. The summed E-state index contributed by atoms with van der Waals surface area (Å²) in [5.74, 6) is -1.07. The van der Waals surface area contributed by atoms with Gasteiger partial charge in [0, 0.05) is 13.0 Å². The van der Waals surface area contributed by atoms with E-state index in [-0.39, 0.29) is 5.69 Å². The first-order valence-electron chi connectivity index (χ1n) is 5.64. The first-order chi connectivity index (χ1) is 9.16. The summed E-state index contributed by atoms with van der Waals surface area (Å²) in [5, 5.41) is 7.93. The number of ketones is 1. The molecule has 0 bridgehead atoms. The fourth-order valence-electron chi connectivity index (χ4n) is 1.86. The van der Waals surface area contributed by atoms with Crippen molar-refractivity contribution < 1.29 is 9.18 Å². The molecule has 0 radical (unpaired) electrons. The van der Waals surface area contributed by atoms with E-state index in [4.69, 9.17) is 0 Å². The van der Waals surface area contributed by atoms with Gasteiger partial charge < -0.3 is 0 Å². The van der Waals surface area contributed by atoms with E-state index in [1.54, 1.807) is 0 Å². The standard InChI is InChI=1S/C13H9FN4O/c1-8(19)13-10(14)6-9(7-15-13)18-12-5-3-2-4-11(12)16-17-18/h2-7H,1H3. The molecule has 1 aromatic carbocycles. The average molecular weight is 256 g/mol. The molecule has 0 aliphatic carbocycles. The van der Waals surface area contributed by atoms with E-state index in [9.17, 15) is 9.18 Å². The first kappa shape index (κ1) is 11.5. The van der Waals surface area contributed by atoms with E-state index in [2.05, 4.69) is 15.3 Å². The van der Waals surface area contributed by atoms with Crippen LogP contribution in [-0.4, -0.2) is 25.8 Å². The summed E-state index contributed by atoms with van der Waals surface area (Å²) in [6, 6.07) is 8.55. The highest BCUT2D eigenvalue weighted by molar-refractivity contribution is 5.92. The van der Waals surface area contributed by atoms with Crippen LogP contribution in [0, 0.1) is 5.82 Å². The van der Waals surface area contributed by atoms with E-state index < -0.39 is 11.6 Å². The Kier molecular flexibility index (Phi) is 2.56. The number of Topliss-reactive ketones (excluding diaryl/α,β-unsaturated/α-hetero) is 1. The normalized spacial score (nSPS) is 10.8. The van der Waals surface area contributed by atoms with Crippen LogP contribution >= 0.6 is 0 Å². The molecule has 0 fully saturated rings. The van der Waals surface area contributed by atoms with Gasteiger partial charge in [0.05, 0.1) is 17.4 Å². The maximum atomic E-state index is 13.7. The number of para-hydroxylation sites is 1. The van der Waals surface area contributed by atoms with Crippen LogP contribution in [0.3, 0.4) is 0 Å². The summed E-state index contributed by atoms with van der Waals surface area (Å²) in [6.07, 6.45) is 1.40. The largest absolute Gasteiger partial charge is 0.293 e. The van der Waals surface area contributed by atoms with Gasteiger partial charge in [-0.1, -0.05) is 17.3 Å². The van der Waals surface area contributed by atoms with Crippen LogP contribution in [0.15, 0.2) is 36.5 Å². The zero-order chi connectivity index (χ0) is 13.4. The molecule has 19 heavy (non-hydrogen) atoms. The number of nitrogens with zero attached hydrogens (tertiary/aromatic N) is 4. The summed E-state index contributed by atoms with van der Waals surface area (Å²) in [5.41, 5.74) is 1.71. The van der Waals surface area contributed by atoms with Crippen LogP contribution in [0.2, 0.25) is 0 Å². The third-order valence-electron chi connectivity index (χ3n) is 2.76. The fraction of sp³-hybridized carbons (Fsp3) is 0.0769. The van der Waals surface area contributed by atoms with Gasteiger partial charge >= 0.3 is 0 Å². The highest BCUT2D eigenvalue weighted by Crippen LogP contribution is 2.17. The quantitative estimate of drug-likeness (QED) is 0.659. The predicted molar refractivity (Wildman–Crippen MR) is 66.6 cm³/mol. The lowest BCUT2D eigenvalue weighted by Gasteiger charge is -2.03. The predicted octanol–water partition coefficient (Wildman–Crippen LogP) is 2.16. The van der Waals surface area contributed by atoms with Gasteiger partial charge in [0.15, 0.2) is 11.6 Å². The maximum Gasteiger partial charge on any atom is 0.181 e. The number of fused-ring (bicyclic) bond motifs is 1. The first-order valence-corrected chi connectivity index (χ1v) is 5.64. The van der Waals surface area contributed by atoms with Crippen molar-refractivity contribution in [2.45, 2.75) is 6.92 Å². The summed E-state index contributed by atoms with van der Waals surface area (Å²) in [6.45, 7) is 1.27. The molecule has 0 unspecified atom stereocenters. The van der Waals surface area contributed by atoms with Gasteiger partial charge in [0.25, 0.3) is 0 Å². The van der Waals surface area contributed by atoms with Gasteiger partial charge in [-0.2, -0.15) is 0 Å². The van der Waals surface area contributed by atoms with Crippen molar-refractivity contribution in [1.29, 1.82) is 0 Å². The Labute approximate surface area is 107 Å². The Balaban J connectivity index is 2.17. The molecule has 0 spiro atoms. The molecule has 3 aromatic rings. The number of benzene rings is 1. The van der Waals surface area contributed by atoms with Crippen molar-refractivity contribution in [3.63, 3.8) is 0 Å². The third-order valence-corrected chi connectivity index (χ3v) is 2.76. The number of carbonyl (C=O) groups excluding carboxylic acids is 1. The van der Waals surface area contributed by atoms with Crippen molar-refractivity contribution in [2.75, 3.05) is 0 Å². The van der Waals surface area contributed by atoms with Crippen LogP contribution in [0.25, 0.3) is 16.7 Å². The Morgan fingerprint density at radius 1 is 1.32 bits per heavy atom. The third kappa shape index (κ3) is 1.87. The van der Waals surface area contributed by atoms with Crippen LogP contribution in [0.1, 0.15) is 17.4 Å². The molecule has 0 amide bonds. The number of rotatable bonds is 2. The van der Waals surface area contributed by atoms with Crippen molar-refractivity contribution >= 4 is 16.8 Å². The highest BCUT2D eigenvalue weighted by atomic mass is 19.1. The maximum absolute atomic E-state index is 13.7. The molecule has 2 aromatic heterocycles. The number of carbonyl (C=O) groups is 1. The van der Waals surface area contributed by atoms with Crippen LogP contribution in [-0.2, 0) is 0 Å². The van der Waals surface area contributed by atoms with E-state index in [0.717, 1.165) is 5.52 Å². The Bertz CT molecular complexity index is 781. The monoisotopic (exact) mass is 256 g/mol. The molecule has 3 rings (SSSR count). The molecular weight excluding hydrogens is 247 g/mol. The Hall–Kier alpha value is -2.63.